The van der Waals surface area contributed by atoms with Crippen molar-refractivity contribution in [2.24, 2.45) is 0 Å². The molecule has 1 fully saturated rings. The van der Waals surface area contributed by atoms with E-state index in [0.717, 1.165) is 31.9 Å². The second kappa shape index (κ2) is 4.14. The van der Waals surface area contributed by atoms with E-state index in [0.29, 0.717) is 0 Å². The maximum Gasteiger partial charge on any atom is 0.147 e. The highest BCUT2D eigenvalue weighted by Crippen LogP contribution is 2.16. The average Bonchev–Trinajstić information content (AvgIpc) is 2.41. The summed E-state index contributed by atoms with van der Waals surface area (Å²) >= 11 is 0. The fraction of sp³-hybridized carbons (Fsp3) is 0.636. The lowest BCUT2D eigenvalue weighted by Gasteiger charge is -2.30. The van der Waals surface area contributed by atoms with E-state index < -0.39 is 0 Å². The molecule has 0 atom stereocenters. The quantitative estimate of drug-likeness (QED) is 0.746. The maximum absolute atomic E-state index is 4.35. The van der Waals surface area contributed by atoms with Crippen LogP contribution in [0.2, 0.25) is 0 Å². The zero-order valence-electron chi connectivity index (χ0n) is 9.40. The monoisotopic (exact) mass is 206 g/mol. The minimum absolute atomic E-state index is 0.147. The molecule has 82 valence electrons. The number of hydrogen-bond acceptors (Lipinski definition) is 4. The van der Waals surface area contributed by atoms with Crippen LogP contribution < -0.4 is 10.2 Å². The Kier molecular flexibility index (Phi) is 2.86. The molecule has 4 nitrogen and oxygen atoms in total. The van der Waals surface area contributed by atoms with Gasteiger partial charge < -0.3 is 10.2 Å². The molecule has 0 radical (unpaired) electrons. The van der Waals surface area contributed by atoms with Gasteiger partial charge in [-0.15, -0.1) is 0 Å². The summed E-state index contributed by atoms with van der Waals surface area (Å²) in [6, 6.07) is 0. The first-order valence-electron chi connectivity index (χ1n) is 5.43. The average molecular weight is 206 g/mol. The molecule has 1 aromatic rings. The van der Waals surface area contributed by atoms with Crippen LogP contribution in [0.15, 0.2) is 18.6 Å². The first-order chi connectivity index (χ1) is 7.17. The normalized spacial score (nSPS) is 21.1. The highest BCUT2D eigenvalue weighted by molar-refractivity contribution is 5.36. The van der Waals surface area contributed by atoms with E-state index in [-0.39, 0.29) is 5.54 Å². The van der Waals surface area contributed by atoms with Gasteiger partial charge in [0, 0.05) is 31.0 Å². The molecular formula is C11H18N4. The molecule has 4 heteroatoms. The third kappa shape index (κ3) is 2.65. The van der Waals surface area contributed by atoms with Crippen molar-refractivity contribution in [3.05, 3.63) is 18.6 Å². The van der Waals surface area contributed by atoms with Crippen LogP contribution in [0.5, 0.6) is 0 Å². The molecule has 0 unspecified atom stereocenters. The highest BCUT2D eigenvalue weighted by Gasteiger charge is 2.24. The molecule has 15 heavy (non-hydrogen) atoms. The smallest absolute Gasteiger partial charge is 0.147 e. The van der Waals surface area contributed by atoms with Crippen molar-refractivity contribution in [2.75, 3.05) is 24.5 Å². The van der Waals surface area contributed by atoms with Gasteiger partial charge in [-0.25, -0.2) is 4.98 Å². The number of hydrogen-bond donors (Lipinski definition) is 1. The summed E-state index contributed by atoms with van der Waals surface area (Å²) in [5.74, 6) is 0.981. The van der Waals surface area contributed by atoms with Gasteiger partial charge in [-0.05, 0) is 26.8 Å². The molecule has 1 aliphatic heterocycles. The van der Waals surface area contributed by atoms with Crippen LogP contribution in [-0.4, -0.2) is 35.1 Å². The Morgan fingerprint density at radius 1 is 1.40 bits per heavy atom. The van der Waals surface area contributed by atoms with Crippen LogP contribution >= 0.6 is 0 Å². The second-order valence-electron chi connectivity index (χ2n) is 4.65. The van der Waals surface area contributed by atoms with E-state index in [1.54, 1.807) is 12.4 Å². The largest absolute Gasteiger partial charge is 0.353 e. The fourth-order valence-corrected chi connectivity index (χ4v) is 1.96. The summed E-state index contributed by atoms with van der Waals surface area (Å²) in [4.78, 5) is 10.8. The molecule has 1 aromatic heterocycles. The Bertz CT molecular complexity index is 310. The van der Waals surface area contributed by atoms with E-state index >= 15 is 0 Å². The Morgan fingerprint density at radius 3 is 3.00 bits per heavy atom. The minimum atomic E-state index is 0.147. The van der Waals surface area contributed by atoms with Crippen molar-refractivity contribution in [1.82, 2.24) is 15.3 Å². The van der Waals surface area contributed by atoms with Crippen LogP contribution in [0.1, 0.15) is 20.3 Å². The topological polar surface area (TPSA) is 41.1 Å². The van der Waals surface area contributed by atoms with Gasteiger partial charge in [0.05, 0.1) is 6.20 Å². The van der Waals surface area contributed by atoms with Crippen LogP contribution in [0.3, 0.4) is 0 Å². The minimum Gasteiger partial charge on any atom is -0.353 e. The SMILES string of the molecule is CC1(C)CN(c2cnccn2)CCCN1. The van der Waals surface area contributed by atoms with Gasteiger partial charge in [-0.3, -0.25) is 4.98 Å². The molecule has 0 saturated carbocycles. The lowest BCUT2D eigenvalue weighted by molar-refractivity contribution is 0.415. The second-order valence-corrected chi connectivity index (χ2v) is 4.65. The third-order valence-electron chi connectivity index (χ3n) is 2.67. The number of rotatable bonds is 1. The van der Waals surface area contributed by atoms with E-state index in [4.69, 9.17) is 0 Å². The molecule has 2 heterocycles. The molecule has 1 saturated heterocycles. The standard InChI is InChI=1S/C11H18N4/c1-11(2)9-15(7-3-4-14-11)10-8-12-5-6-13-10/h5-6,8,14H,3-4,7,9H2,1-2H3. The molecule has 0 spiro atoms. The predicted molar refractivity (Wildman–Crippen MR) is 60.9 cm³/mol. The van der Waals surface area contributed by atoms with E-state index in [2.05, 4.69) is 34.0 Å². The Balaban J connectivity index is 2.15. The van der Waals surface area contributed by atoms with Gasteiger partial charge in [0.1, 0.15) is 5.82 Å². The van der Waals surface area contributed by atoms with Crippen molar-refractivity contribution in [3.8, 4) is 0 Å². The van der Waals surface area contributed by atoms with E-state index in [1.165, 1.54) is 0 Å². The van der Waals surface area contributed by atoms with Crippen molar-refractivity contribution in [3.63, 3.8) is 0 Å². The van der Waals surface area contributed by atoms with Crippen LogP contribution in [0.25, 0.3) is 0 Å². The number of nitrogens with zero attached hydrogens (tertiary/aromatic N) is 3. The third-order valence-corrected chi connectivity index (χ3v) is 2.67. The summed E-state index contributed by atoms with van der Waals surface area (Å²) < 4.78 is 0. The van der Waals surface area contributed by atoms with Crippen molar-refractivity contribution >= 4 is 5.82 Å². The van der Waals surface area contributed by atoms with E-state index in [1.807, 2.05) is 6.20 Å². The number of anilines is 1. The first kappa shape index (κ1) is 10.4. The molecule has 2 rings (SSSR count). The highest BCUT2D eigenvalue weighted by atomic mass is 15.2. The molecule has 1 aliphatic rings. The molecule has 1 N–H and O–H groups in total. The predicted octanol–water partition coefficient (Wildman–Crippen LogP) is 1.05. The number of aromatic nitrogens is 2. The van der Waals surface area contributed by atoms with Crippen LogP contribution in [-0.2, 0) is 0 Å². The fourth-order valence-electron chi connectivity index (χ4n) is 1.96. The molecule has 0 bridgehead atoms. The zero-order valence-corrected chi connectivity index (χ0v) is 9.40. The van der Waals surface area contributed by atoms with Crippen molar-refractivity contribution in [2.45, 2.75) is 25.8 Å². The summed E-state index contributed by atoms with van der Waals surface area (Å²) in [6.45, 7) is 7.55. The van der Waals surface area contributed by atoms with Gasteiger partial charge in [0.2, 0.25) is 0 Å². The van der Waals surface area contributed by atoms with Gasteiger partial charge in [-0.1, -0.05) is 0 Å². The number of nitrogens with one attached hydrogen (secondary N) is 1. The van der Waals surface area contributed by atoms with Crippen LogP contribution in [0.4, 0.5) is 5.82 Å². The lowest BCUT2D eigenvalue weighted by atomic mass is 10.1. The molecular weight excluding hydrogens is 188 g/mol. The summed E-state index contributed by atoms with van der Waals surface area (Å²) in [6.07, 6.45) is 6.45. The molecule has 0 amide bonds. The summed E-state index contributed by atoms with van der Waals surface area (Å²) in [5.41, 5.74) is 0.147. The first-order valence-corrected chi connectivity index (χ1v) is 5.43. The van der Waals surface area contributed by atoms with Gasteiger partial charge in [-0.2, -0.15) is 0 Å². The van der Waals surface area contributed by atoms with Crippen molar-refractivity contribution in [1.29, 1.82) is 0 Å². The lowest BCUT2D eigenvalue weighted by Crippen LogP contribution is -2.46. The molecule has 0 aliphatic carbocycles. The van der Waals surface area contributed by atoms with Gasteiger partial charge in [0.15, 0.2) is 0 Å². The zero-order chi connectivity index (χ0) is 10.7. The Morgan fingerprint density at radius 2 is 2.27 bits per heavy atom. The van der Waals surface area contributed by atoms with Gasteiger partial charge >= 0.3 is 0 Å². The summed E-state index contributed by atoms with van der Waals surface area (Å²) in [7, 11) is 0. The van der Waals surface area contributed by atoms with E-state index in [9.17, 15) is 0 Å². The van der Waals surface area contributed by atoms with Gasteiger partial charge in [0.25, 0.3) is 0 Å². The Hall–Kier alpha value is -1.16. The van der Waals surface area contributed by atoms with Crippen molar-refractivity contribution < 1.29 is 0 Å². The summed E-state index contributed by atoms with van der Waals surface area (Å²) in [5, 5.41) is 3.53. The molecule has 0 aromatic carbocycles. The Labute approximate surface area is 90.7 Å². The van der Waals surface area contributed by atoms with Crippen LogP contribution in [0, 0.1) is 0 Å². The maximum atomic E-state index is 4.35.